The Morgan fingerprint density at radius 1 is 1.39 bits per heavy atom. The molecule has 0 aliphatic carbocycles. The molecule has 0 saturated carbocycles. The number of halogens is 1. The Labute approximate surface area is 112 Å². The van der Waals surface area contributed by atoms with Gasteiger partial charge in [0.05, 0.1) is 23.4 Å². The normalized spacial score (nSPS) is 20.6. The van der Waals surface area contributed by atoms with Gasteiger partial charge in [-0.25, -0.2) is 0 Å². The van der Waals surface area contributed by atoms with Crippen LogP contribution in [0.4, 0.5) is 5.69 Å². The third kappa shape index (κ3) is 2.68. The van der Waals surface area contributed by atoms with Gasteiger partial charge in [0, 0.05) is 12.1 Å². The van der Waals surface area contributed by atoms with Crippen molar-refractivity contribution in [2.24, 2.45) is 0 Å². The van der Waals surface area contributed by atoms with E-state index in [2.05, 4.69) is 4.90 Å². The number of nitrogens with zero attached hydrogens (tertiary/aromatic N) is 1. The second kappa shape index (κ2) is 6.21. The first-order chi connectivity index (χ1) is 8.77. The smallest absolute Gasteiger partial charge is 0.152 e. The summed E-state index contributed by atoms with van der Waals surface area (Å²) in [5, 5.41) is 10.1. The SMILES string of the molecule is O=Cc1cccc(Cl)c1N1CCCCCC1CO. The number of carbonyl (C=O) groups is 1. The van der Waals surface area contributed by atoms with Crippen LogP contribution in [0.15, 0.2) is 18.2 Å². The molecular weight excluding hydrogens is 250 g/mol. The van der Waals surface area contributed by atoms with Gasteiger partial charge in [0.15, 0.2) is 6.29 Å². The summed E-state index contributed by atoms with van der Waals surface area (Å²) in [5.41, 5.74) is 1.37. The Balaban J connectivity index is 2.40. The van der Waals surface area contributed by atoms with Crippen molar-refractivity contribution in [2.75, 3.05) is 18.1 Å². The number of carbonyl (C=O) groups excluding carboxylic acids is 1. The fourth-order valence-corrected chi connectivity index (χ4v) is 2.88. The number of hydrogen-bond acceptors (Lipinski definition) is 3. The van der Waals surface area contributed by atoms with Crippen LogP contribution in [0.25, 0.3) is 0 Å². The predicted octanol–water partition coefficient (Wildman–Crippen LogP) is 2.89. The highest BCUT2D eigenvalue weighted by atomic mass is 35.5. The average Bonchev–Trinajstić information content (AvgIpc) is 2.63. The van der Waals surface area contributed by atoms with Gasteiger partial charge in [0.25, 0.3) is 0 Å². The van der Waals surface area contributed by atoms with Crippen molar-refractivity contribution < 1.29 is 9.90 Å². The molecule has 1 aromatic rings. The van der Waals surface area contributed by atoms with Gasteiger partial charge < -0.3 is 10.0 Å². The summed E-state index contributed by atoms with van der Waals surface area (Å²) in [6.07, 6.45) is 5.12. The van der Waals surface area contributed by atoms with Crippen molar-refractivity contribution in [1.82, 2.24) is 0 Å². The first kappa shape index (κ1) is 13.4. The van der Waals surface area contributed by atoms with Gasteiger partial charge >= 0.3 is 0 Å². The lowest BCUT2D eigenvalue weighted by Crippen LogP contribution is -2.38. The number of benzene rings is 1. The van der Waals surface area contributed by atoms with Crippen LogP contribution >= 0.6 is 11.6 Å². The summed E-state index contributed by atoms with van der Waals surface area (Å²) in [4.78, 5) is 13.3. The van der Waals surface area contributed by atoms with E-state index in [0.717, 1.165) is 44.2 Å². The van der Waals surface area contributed by atoms with Gasteiger partial charge in [-0.3, -0.25) is 4.79 Å². The van der Waals surface area contributed by atoms with Crippen molar-refractivity contribution in [1.29, 1.82) is 0 Å². The zero-order chi connectivity index (χ0) is 13.0. The van der Waals surface area contributed by atoms with Crippen LogP contribution in [0.2, 0.25) is 5.02 Å². The lowest BCUT2D eigenvalue weighted by molar-refractivity contribution is 0.112. The van der Waals surface area contributed by atoms with E-state index < -0.39 is 0 Å². The Bertz CT molecular complexity index is 422. The number of anilines is 1. The number of aldehydes is 1. The van der Waals surface area contributed by atoms with E-state index in [1.165, 1.54) is 0 Å². The van der Waals surface area contributed by atoms with E-state index in [1.54, 1.807) is 18.2 Å². The highest BCUT2D eigenvalue weighted by Crippen LogP contribution is 2.33. The first-order valence-corrected chi connectivity index (χ1v) is 6.77. The van der Waals surface area contributed by atoms with Crippen LogP contribution in [-0.4, -0.2) is 30.6 Å². The van der Waals surface area contributed by atoms with Crippen molar-refractivity contribution in [3.05, 3.63) is 28.8 Å². The molecular formula is C14H18ClNO2. The molecule has 1 saturated heterocycles. The minimum Gasteiger partial charge on any atom is -0.394 e. The molecule has 1 aliphatic heterocycles. The van der Waals surface area contributed by atoms with Gasteiger partial charge in [0.1, 0.15) is 0 Å². The van der Waals surface area contributed by atoms with Gasteiger partial charge in [-0.1, -0.05) is 30.5 Å². The molecule has 1 heterocycles. The van der Waals surface area contributed by atoms with Crippen LogP contribution in [0.1, 0.15) is 36.0 Å². The molecule has 18 heavy (non-hydrogen) atoms. The Kier molecular flexibility index (Phi) is 4.61. The molecule has 0 radical (unpaired) electrons. The Hall–Kier alpha value is -1.06. The van der Waals surface area contributed by atoms with Crippen molar-refractivity contribution in [2.45, 2.75) is 31.7 Å². The molecule has 1 aliphatic rings. The standard InChI is InChI=1S/C14H18ClNO2/c15-13-7-4-5-11(9-17)14(13)16-8-3-1-2-6-12(16)10-18/h4-5,7,9,12,18H,1-3,6,8,10H2. The van der Waals surface area contributed by atoms with Crippen LogP contribution in [0.5, 0.6) is 0 Å². The average molecular weight is 268 g/mol. The molecule has 1 fully saturated rings. The molecule has 0 bridgehead atoms. The summed E-state index contributed by atoms with van der Waals surface area (Å²) in [6, 6.07) is 5.41. The maximum Gasteiger partial charge on any atom is 0.152 e. The fraction of sp³-hybridized carbons (Fsp3) is 0.500. The van der Waals surface area contributed by atoms with Gasteiger partial charge in [-0.05, 0) is 25.0 Å². The fourth-order valence-electron chi connectivity index (χ4n) is 2.59. The molecule has 1 aromatic carbocycles. The zero-order valence-corrected chi connectivity index (χ0v) is 11.1. The van der Waals surface area contributed by atoms with E-state index in [1.807, 2.05) is 0 Å². The third-order valence-electron chi connectivity index (χ3n) is 3.52. The molecule has 1 N–H and O–H groups in total. The maximum absolute atomic E-state index is 11.2. The van der Waals surface area contributed by atoms with Crippen LogP contribution in [-0.2, 0) is 0 Å². The number of aliphatic hydroxyl groups is 1. The lowest BCUT2D eigenvalue weighted by atomic mass is 10.1. The van der Waals surface area contributed by atoms with E-state index in [0.29, 0.717) is 10.6 Å². The monoisotopic (exact) mass is 267 g/mol. The molecule has 3 nitrogen and oxygen atoms in total. The highest BCUT2D eigenvalue weighted by Gasteiger charge is 2.24. The molecule has 0 aromatic heterocycles. The number of hydrogen-bond donors (Lipinski definition) is 1. The molecule has 1 atom stereocenters. The minimum atomic E-state index is 0.0612. The second-order valence-electron chi connectivity index (χ2n) is 4.67. The topological polar surface area (TPSA) is 40.5 Å². The van der Waals surface area contributed by atoms with E-state index >= 15 is 0 Å². The number of rotatable bonds is 3. The van der Waals surface area contributed by atoms with Crippen molar-refractivity contribution in [3.8, 4) is 0 Å². The largest absolute Gasteiger partial charge is 0.394 e. The third-order valence-corrected chi connectivity index (χ3v) is 3.83. The summed E-state index contributed by atoms with van der Waals surface area (Å²) in [6.45, 7) is 0.944. The van der Waals surface area contributed by atoms with Crippen molar-refractivity contribution in [3.63, 3.8) is 0 Å². The first-order valence-electron chi connectivity index (χ1n) is 6.39. The van der Waals surface area contributed by atoms with Gasteiger partial charge in [-0.2, -0.15) is 0 Å². The summed E-state index contributed by atoms with van der Waals surface area (Å²) < 4.78 is 0. The zero-order valence-electron chi connectivity index (χ0n) is 10.3. The molecule has 0 spiro atoms. The second-order valence-corrected chi connectivity index (χ2v) is 5.08. The molecule has 2 rings (SSSR count). The highest BCUT2D eigenvalue weighted by molar-refractivity contribution is 6.34. The summed E-state index contributed by atoms with van der Waals surface area (Å²) >= 11 is 6.23. The lowest BCUT2D eigenvalue weighted by Gasteiger charge is -2.32. The molecule has 4 heteroatoms. The Morgan fingerprint density at radius 3 is 2.94 bits per heavy atom. The van der Waals surface area contributed by atoms with Crippen LogP contribution in [0.3, 0.4) is 0 Å². The van der Waals surface area contributed by atoms with E-state index in [4.69, 9.17) is 11.6 Å². The summed E-state index contributed by atoms with van der Waals surface area (Å²) in [5.74, 6) is 0. The number of para-hydroxylation sites is 1. The molecule has 98 valence electrons. The van der Waals surface area contributed by atoms with Crippen LogP contribution in [0, 0.1) is 0 Å². The van der Waals surface area contributed by atoms with Crippen molar-refractivity contribution >= 4 is 23.6 Å². The van der Waals surface area contributed by atoms with Gasteiger partial charge in [0.2, 0.25) is 0 Å². The molecule has 0 amide bonds. The maximum atomic E-state index is 11.2. The molecule has 1 unspecified atom stereocenters. The Morgan fingerprint density at radius 2 is 2.22 bits per heavy atom. The van der Waals surface area contributed by atoms with Crippen LogP contribution < -0.4 is 4.90 Å². The summed E-state index contributed by atoms with van der Waals surface area (Å²) in [7, 11) is 0. The predicted molar refractivity (Wildman–Crippen MR) is 73.5 cm³/mol. The van der Waals surface area contributed by atoms with Gasteiger partial charge in [-0.15, -0.1) is 0 Å². The van der Waals surface area contributed by atoms with E-state index in [9.17, 15) is 9.90 Å². The quantitative estimate of drug-likeness (QED) is 0.856. The number of aliphatic hydroxyl groups excluding tert-OH is 1. The van der Waals surface area contributed by atoms with E-state index in [-0.39, 0.29) is 12.6 Å². The minimum absolute atomic E-state index is 0.0612.